The minimum absolute atomic E-state index is 0.114. The summed E-state index contributed by atoms with van der Waals surface area (Å²) in [6, 6.07) is 0. The van der Waals surface area contributed by atoms with Crippen molar-refractivity contribution in [3.8, 4) is 5.88 Å². The van der Waals surface area contributed by atoms with E-state index in [2.05, 4.69) is 15.3 Å². The Bertz CT molecular complexity index is 455. The summed E-state index contributed by atoms with van der Waals surface area (Å²) in [6.07, 6.45) is -2.93. The number of aromatic nitrogens is 2. The summed E-state index contributed by atoms with van der Waals surface area (Å²) in [5, 5.41) is 3.00. The highest BCUT2D eigenvalue weighted by molar-refractivity contribution is 5.48. The van der Waals surface area contributed by atoms with Crippen LogP contribution < -0.4 is 10.1 Å². The van der Waals surface area contributed by atoms with Gasteiger partial charge in [0.25, 0.3) is 0 Å². The molecule has 4 nitrogen and oxygen atoms in total. The van der Waals surface area contributed by atoms with Gasteiger partial charge in [0.05, 0.1) is 5.56 Å². The predicted molar refractivity (Wildman–Crippen MR) is 66.7 cm³/mol. The third-order valence-electron chi connectivity index (χ3n) is 2.48. The van der Waals surface area contributed by atoms with Gasteiger partial charge in [-0.2, -0.15) is 13.8 Å². The highest BCUT2D eigenvalue weighted by Crippen LogP contribution is 2.27. The minimum atomic E-state index is -4.21. The first-order valence-corrected chi connectivity index (χ1v) is 6.15. The summed E-state index contributed by atoms with van der Waals surface area (Å²) in [5.74, 6) is -3.56. The van der Waals surface area contributed by atoms with Crippen LogP contribution in [-0.2, 0) is 0 Å². The summed E-state index contributed by atoms with van der Waals surface area (Å²) in [5.41, 5.74) is 0.411. The van der Waals surface area contributed by atoms with Gasteiger partial charge in [-0.25, -0.2) is 13.8 Å². The van der Waals surface area contributed by atoms with E-state index in [1.54, 1.807) is 13.8 Å². The van der Waals surface area contributed by atoms with Crippen molar-refractivity contribution >= 4 is 5.82 Å². The Morgan fingerprint density at radius 2 is 1.90 bits per heavy atom. The highest BCUT2D eigenvalue weighted by Gasteiger charge is 2.42. The van der Waals surface area contributed by atoms with Crippen molar-refractivity contribution in [3.63, 3.8) is 0 Å². The Kier molecular flexibility index (Phi) is 5.52. The molecule has 1 rings (SSSR count). The first-order chi connectivity index (χ1) is 9.27. The number of anilines is 1. The molecule has 1 heterocycles. The van der Waals surface area contributed by atoms with Crippen LogP contribution in [0.2, 0.25) is 0 Å². The van der Waals surface area contributed by atoms with Crippen molar-refractivity contribution in [1.82, 2.24) is 9.97 Å². The molecule has 0 spiro atoms. The Labute approximate surface area is 114 Å². The molecular formula is C12H17F4N3O. The molecule has 114 valence electrons. The Hall–Kier alpha value is -1.60. The van der Waals surface area contributed by atoms with Crippen LogP contribution in [0.3, 0.4) is 0 Å². The fourth-order valence-corrected chi connectivity index (χ4v) is 1.39. The van der Waals surface area contributed by atoms with Gasteiger partial charge in [0.1, 0.15) is 11.6 Å². The molecule has 0 aliphatic heterocycles. The SMILES string of the molecule is CCCNc1nc(C)nc(OCC(F)(F)C(F)F)c1C. The molecule has 20 heavy (non-hydrogen) atoms. The fraction of sp³-hybridized carbons (Fsp3) is 0.667. The Morgan fingerprint density at radius 1 is 1.25 bits per heavy atom. The third-order valence-corrected chi connectivity index (χ3v) is 2.48. The molecule has 8 heteroatoms. The number of hydrogen-bond acceptors (Lipinski definition) is 4. The van der Waals surface area contributed by atoms with E-state index < -0.39 is 19.0 Å². The number of rotatable bonds is 7. The largest absolute Gasteiger partial charge is 0.471 e. The summed E-state index contributed by atoms with van der Waals surface area (Å²) in [4.78, 5) is 7.96. The predicted octanol–water partition coefficient (Wildman–Crippen LogP) is 3.19. The van der Waals surface area contributed by atoms with E-state index in [0.29, 0.717) is 23.8 Å². The molecule has 0 atom stereocenters. The van der Waals surface area contributed by atoms with E-state index in [4.69, 9.17) is 4.74 Å². The first kappa shape index (κ1) is 16.5. The van der Waals surface area contributed by atoms with Gasteiger partial charge in [0.2, 0.25) is 5.88 Å². The van der Waals surface area contributed by atoms with Crippen molar-refractivity contribution in [2.45, 2.75) is 39.5 Å². The molecule has 0 fully saturated rings. The normalized spacial score (nSPS) is 11.8. The van der Waals surface area contributed by atoms with E-state index in [-0.39, 0.29) is 5.88 Å². The zero-order chi connectivity index (χ0) is 15.3. The molecule has 1 aromatic heterocycles. The van der Waals surface area contributed by atoms with Crippen molar-refractivity contribution in [2.75, 3.05) is 18.5 Å². The highest BCUT2D eigenvalue weighted by atomic mass is 19.3. The molecule has 0 saturated heterocycles. The number of alkyl halides is 4. The summed E-state index contributed by atoms with van der Waals surface area (Å²) < 4.78 is 54.5. The van der Waals surface area contributed by atoms with Crippen molar-refractivity contribution in [1.29, 1.82) is 0 Å². The lowest BCUT2D eigenvalue weighted by Gasteiger charge is -2.17. The van der Waals surface area contributed by atoms with Gasteiger partial charge in [0, 0.05) is 6.54 Å². The number of nitrogens with zero attached hydrogens (tertiary/aromatic N) is 2. The van der Waals surface area contributed by atoms with E-state index in [9.17, 15) is 17.6 Å². The van der Waals surface area contributed by atoms with E-state index in [1.165, 1.54) is 0 Å². The number of ether oxygens (including phenoxy) is 1. The number of nitrogens with one attached hydrogen (secondary N) is 1. The lowest BCUT2D eigenvalue weighted by molar-refractivity contribution is -0.148. The van der Waals surface area contributed by atoms with Gasteiger partial charge in [-0.15, -0.1) is 0 Å². The van der Waals surface area contributed by atoms with Crippen molar-refractivity contribution in [3.05, 3.63) is 11.4 Å². The average Bonchev–Trinajstić information content (AvgIpc) is 2.37. The average molecular weight is 295 g/mol. The third kappa shape index (κ3) is 4.21. The molecule has 1 N–H and O–H groups in total. The van der Waals surface area contributed by atoms with Crippen molar-refractivity contribution < 1.29 is 22.3 Å². The van der Waals surface area contributed by atoms with E-state index in [0.717, 1.165) is 6.42 Å². The van der Waals surface area contributed by atoms with Gasteiger partial charge in [-0.3, -0.25) is 0 Å². The topological polar surface area (TPSA) is 47.0 Å². The van der Waals surface area contributed by atoms with Crippen molar-refractivity contribution in [2.24, 2.45) is 0 Å². The van der Waals surface area contributed by atoms with Crippen LogP contribution in [0.25, 0.3) is 0 Å². The summed E-state index contributed by atoms with van der Waals surface area (Å²) in [7, 11) is 0. The zero-order valence-corrected chi connectivity index (χ0v) is 11.5. The molecule has 0 aliphatic carbocycles. The van der Waals surface area contributed by atoms with Crippen LogP contribution in [0.5, 0.6) is 5.88 Å². The minimum Gasteiger partial charge on any atom is -0.471 e. The molecule has 0 amide bonds. The lowest BCUT2D eigenvalue weighted by atomic mass is 10.3. The molecule has 1 aromatic rings. The van der Waals surface area contributed by atoms with Gasteiger partial charge in [-0.05, 0) is 20.3 Å². The smallest absolute Gasteiger partial charge is 0.340 e. The van der Waals surface area contributed by atoms with Gasteiger partial charge in [-0.1, -0.05) is 6.92 Å². The molecule has 0 saturated carbocycles. The van der Waals surface area contributed by atoms with Gasteiger partial charge in [0.15, 0.2) is 6.61 Å². The fourth-order valence-electron chi connectivity index (χ4n) is 1.39. The molecule has 0 unspecified atom stereocenters. The van der Waals surface area contributed by atoms with Crippen LogP contribution in [-0.4, -0.2) is 35.5 Å². The van der Waals surface area contributed by atoms with Gasteiger partial charge >= 0.3 is 12.3 Å². The summed E-state index contributed by atoms with van der Waals surface area (Å²) in [6.45, 7) is 4.32. The monoisotopic (exact) mass is 295 g/mol. The Morgan fingerprint density at radius 3 is 2.45 bits per heavy atom. The van der Waals surface area contributed by atoms with Crippen LogP contribution in [0.15, 0.2) is 0 Å². The molecule has 0 aliphatic rings. The lowest BCUT2D eigenvalue weighted by Crippen LogP contribution is -2.34. The Balaban J connectivity index is 2.87. The second kappa shape index (κ2) is 6.71. The number of aryl methyl sites for hydroxylation is 1. The second-order valence-electron chi connectivity index (χ2n) is 4.33. The zero-order valence-electron chi connectivity index (χ0n) is 11.5. The standard InChI is InChI=1S/C12H17F4N3O/c1-4-5-17-9-7(2)10(19-8(3)18-9)20-6-12(15,16)11(13)14/h11H,4-6H2,1-3H3,(H,17,18,19). The molecule has 0 bridgehead atoms. The molecule has 0 aromatic carbocycles. The first-order valence-electron chi connectivity index (χ1n) is 6.15. The van der Waals surface area contributed by atoms with E-state index >= 15 is 0 Å². The maximum Gasteiger partial charge on any atom is 0.340 e. The van der Waals surface area contributed by atoms with Gasteiger partial charge < -0.3 is 10.1 Å². The van der Waals surface area contributed by atoms with Crippen LogP contribution >= 0.6 is 0 Å². The van der Waals surface area contributed by atoms with Crippen LogP contribution in [0.1, 0.15) is 24.7 Å². The van der Waals surface area contributed by atoms with Crippen LogP contribution in [0, 0.1) is 13.8 Å². The quantitative estimate of drug-likeness (QED) is 0.785. The second-order valence-corrected chi connectivity index (χ2v) is 4.33. The molecular weight excluding hydrogens is 278 g/mol. The van der Waals surface area contributed by atoms with E-state index in [1.807, 2.05) is 6.92 Å². The molecule has 0 radical (unpaired) electrons. The maximum atomic E-state index is 12.8. The maximum absolute atomic E-state index is 12.8. The number of hydrogen-bond donors (Lipinski definition) is 1. The number of halogens is 4. The summed E-state index contributed by atoms with van der Waals surface area (Å²) >= 11 is 0. The van der Waals surface area contributed by atoms with Crippen LogP contribution in [0.4, 0.5) is 23.4 Å².